The molecule has 5 rings (SSSR count). The van der Waals surface area contributed by atoms with E-state index in [0.717, 1.165) is 11.3 Å². The average Bonchev–Trinajstić information content (AvgIpc) is 3.48. The highest BCUT2D eigenvalue weighted by Gasteiger charge is 2.44. The molecule has 0 spiro atoms. The van der Waals surface area contributed by atoms with Gasteiger partial charge in [-0.2, -0.15) is 0 Å². The number of carbonyl (C=O) groups is 2. The minimum atomic E-state index is -0.827. The molecule has 0 bridgehead atoms. The lowest BCUT2D eigenvalue weighted by Gasteiger charge is -2.27. The summed E-state index contributed by atoms with van der Waals surface area (Å²) in [5.74, 6) is -0.604. The number of fused-ring (bicyclic) bond motifs is 1. The van der Waals surface area contributed by atoms with Crippen LogP contribution >= 0.6 is 0 Å². The van der Waals surface area contributed by atoms with Crippen LogP contribution in [0.3, 0.4) is 0 Å². The number of aliphatic hydroxyl groups is 1. The number of rotatable bonds is 9. The van der Waals surface area contributed by atoms with Crippen molar-refractivity contribution in [3.8, 4) is 11.5 Å². The Kier molecular flexibility index (Phi) is 7.02. The van der Waals surface area contributed by atoms with Crippen molar-refractivity contribution in [3.63, 3.8) is 0 Å². The number of hydrogen-bond donors (Lipinski definition) is 1. The molecule has 1 N–H and O–H groups in total. The summed E-state index contributed by atoms with van der Waals surface area (Å²) in [6, 6.07) is 21.1. The molecule has 39 heavy (non-hydrogen) atoms. The minimum Gasteiger partial charge on any atom is -0.503 e. The second-order valence-electron chi connectivity index (χ2n) is 9.48. The summed E-state index contributed by atoms with van der Waals surface area (Å²) >= 11 is 0. The number of ether oxygens (including phenoxy) is 2. The summed E-state index contributed by atoms with van der Waals surface area (Å²) in [5, 5.41) is 11.8. The van der Waals surface area contributed by atoms with Gasteiger partial charge in [0.15, 0.2) is 22.9 Å². The van der Waals surface area contributed by atoms with Crippen molar-refractivity contribution in [2.24, 2.45) is 0 Å². The number of para-hydroxylation sites is 1. The molecule has 1 unspecified atom stereocenters. The fourth-order valence-corrected chi connectivity index (χ4v) is 4.89. The average molecular weight is 527 g/mol. The van der Waals surface area contributed by atoms with Crippen LogP contribution < -0.4 is 14.4 Å². The van der Waals surface area contributed by atoms with Crippen LogP contribution in [-0.2, 0) is 11.3 Å². The molecule has 200 valence electrons. The van der Waals surface area contributed by atoms with Gasteiger partial charge in [0.25, 0.3) is 5.91 Å². The van der Waals surface area contributed by atoms with Crippen LogP contribution in [0, 0.1) is 0 Å². The third kappa shape index (κ3) is 4.81. The van der Waals surface area contributed by atoms with E-state index in [-0.39, 0.29) is 17.9 Å². The number of nitrogens with zero attached hydrogens (tertiary/aromatic N) is 2. The highest BCUT2D eigenvalue weighted by Crippen LogP contribution is 2.41. The first kappa shape index (κ1) is 25.9. The van der Waals surface area contributed by atoms with Gasteiger partial charge in [-0.1, -0.05) is 36.4 Å². The molecule has 0 saturated carbocycles. The quantitative estimate of drug-likeness (QED) is 0.280. The highest BCUT2D eigenvalue weighted by atomic mass is 16.5. The van der Waals surface area contributed by atoms with Gasteiger partial charge >= 0.3 is 0 Å². The maximum atomic E-state index is 13.9. The summed E-state index contributed by atoms with van der Waals surface area (Å²) in [7, 11) is 5.39. The molecule has 0 radical (unpaired) electrons. The van der Waals surface area contributed by atoms with Gasteiger partial charge in [0.05, 0.1) is 25.3 Å². The first-order chi connectivity index (χ1) is 18.8. The Morgan fingerprint density at radius 2 is 1.79 bits per heavy atom. The molecule has 1 aromatic heterocycles. The normalized spacial score (nSPS) is 15.2. The van der Waals surface area contributed by atoms with Crippen molar-refractivity contribution < 1.29 is 28.6 Å². The Hall–Kier alpha value is -4.72. The molecule has 8 heteroatoms. The van der Waals surface area contributed by atoms with E-state index in [9.17, 15) is 14.7 Å². The second-order valence-corrected chi connectivity index (χ2v) is 9.48. The van der Waals surface area contributed by atoms with E-state index >= 15 is 0 Å². The van der Waals surface area contributed by atoms with Gasteiger partial charge in [0.1, 0.15) is 5.75 Å². The summed E-state index contributed by atoms with van der Waals surface area (Å²) in [6.45, 7) is 2.57. The fraction of sp³-hybridized carbons (Fsp3) is 0.226. The summed E-state index contributed by atoms with van der Waals surface area (Å²) in [5.41, 5.74) is 2.85. The van der Waals surface area contributed by atoms with E-state index in [1.165, 1.54) is 12.0 Å². The Morgan fingerprint density at radius 1 is 1.05 bits per heavy atom. The number of amides is 1. The van der Waals surface area contributed by atoms with Crippen molar-refractivity contribution in [2.75, 3.05) is 32.7 Å². The largest absolute Gasteiger partial charge is 0.503 e. The van der Waals surface area contributed by atoms with Gasteiger partial charge in [-0.3, -0.25) is 9.59 Å². The summed E-state index contributed by atoms with van der Waals surface area (Å²) in [4.78, 5) is 30.8. The predicted molar refractivity (Wildman–Crippen MR) is 148 cm³/mol. The van der Waals surface area contributed by atoms with Gasteiger partial charge in [-0.25, -0.2) is 0 Å². The number of benzene rings is 3. The molecule has 1 aliphatic rings. The van der Waals surface area contributed by atoms with Crippen LogP contribution in [0.15, 0.2) is 88.5 Å². The Bertz CT molecular complexity index is 1570. The molecule has 0 aliphatic carbocycles. The van der Waals surface area contributed by atoms with E-state index in [2.05, 4.69) is 0 Å². The van der Waals surface area contributed by atoms with E-state index < -0.39 is 23.5 Å². The molecular weight excluding hydrogens is 496 g/mol. The van der Waals surface area contributed by atoms with E-state index in [0.29, 0.717) is 34.6 Å². The Labute approximate surface area is 226 Å². The number of Topliss-reactive ketones (excluding diaryl/α,β-unsaturated/α-hetero) is 1. The number of aliphatic hydroxyl groups excluding tert-OH is 1. The van der Waals surface area contributed by atoms with Gasteiger partial charge in [-0.05, 0) is 54.4 Å². The molecule has 4 aromatic rings. The molecule has 3 aromatic carbocycles. The third-order valence-electron chi connectivity index (χ3n) is 6.79. The predicted octanol–water partition coefficient (Wildman–Crippen LogP) is 5.68. The second kappa shape index (κ2) is 10.6. The smallest absolute Gasteiger partial charge is 0.290 e. The van der Waals surface area contributed by atoms with E-state index in [4.69, 9.17) is 13.9 Å². The van der Waals surface area contributed by atoms with Crippen LogP contribution in [0.2, 0.25) is 0 Å². The highest BCUT2D eigenvalue weighted by molar-refractivity contribution is 6.16. The van der Waals surface area contributed by atoms with Crippen LogP contribution in [0.1, 0.15) is 34.6 Å². The minimum absolute atomic E-state index is 0.0129. The van der Waals surface area contributed by atoms with Crippen molar-refractivity contribution >= 4 is 28.3 Å². The number of carbonyl (C=O) groups excluding carboxylic acids is 2. The molecule has 0 saturated heterocycles. The van der Waals surface area contributed by atoms with Crippen molar-refractivity contribution in [3.05, 3.63) is 101 Å². The third-order valence-corrected chi connectivity index (χ3v) is 6.79. The standard InChI is InChI=1S/C31H30N2O6/c1-5-38-23-10-6-8-19(16-23)18-33-27(20-12-14-22(15-13-20)32(2)3)26(29(35)31(33)36)28(34)25-17-21-9-7-11-24(37-4)30(21)39-25/h6-17,27,35H,5,18H2,1-4H3. The number of methoxy groups -OCH3 is 1. The summed E-state index contributed by atoms with van der Waals surface area (Å²) in [6.07, 6.45) is 0. The topological polar surface area (TPSA) is 92.5 Å². The van der Waals surface area contributed by atoms with E-state index in [1.54, 1.807) is 24.3 Å². The maximum Gasteiger partial charge on any atom is 0.290 e. The van der Waals surface area contributed by atoms with Crippen molar-refractivity contribution in [2.45, 2.75) is 19.5 Å². The molecular formula is C31H30N2O6. The first-order valence-electron chi connectivity index (χ1n) is 12.7. The monoisotopic (exact) mass is 526 g/mol. The SMILES string of the molecule is CCOc1cccc(CN2C(=O)C(O)=C(C(=O)c3cc4cccc(OC)c4o3)C2c2ccc(N(C)C)cc2)c1. The van der Waals surface area contributed by atoms with Gasteiger partial charge < -0.3 is 28.8 Å². The van der Waals surface area contributed by atoms with Gasteiger partial charge in [0.2, 0.25) is 5.78 Å². The molecule has 0 fully saturated rings. The van der Waals surface area contributed by atoms with Crippen LogP contribution in [0.25, 0.3) is 11.0 Å². The number of furan rings is 1. The molecule has 1 aliphatic heterocycles. The van der Waals surface area contributed by atoms with Gasteiger partial charge in [0, 0.05) is 31.7 Å². The van der Waals surface area contributed by atoms with Gasteiger partial charge in [-0.15, -0.1) is 0 Å². The van der Waals surface area contributed by atoms with E-state index in [1.807, 2.05) is 74.4 Å². The summed E-state index contributed by atoms with van der Waals surface area (Å²) < 4.78 is 16.9. The number of hydrogen-bond acceptors (Lipinski definition) is 7. The lowest BCUT2D eigenvalue weighted by molar-refractivity contribution is -0.130. The molecule has 8 nitrogen and oxygen atoms in total. The zero-order valence-electron chi connectivity index (χ0n) is 22.3. The van der Waals surface area contributed by atoms with Crippen molar-refractivity contribution in [1.29, 1.82) is 0 Å². The number of anilines is 1. The number of ketones is 1. The van der Waals surface area contributed by atoms with Crippen molar-refractivity contribution in [1.82, 2.24) is 4.90 Å². The lowest BCUT2D eigenvalue weighted by atomic mass is 9.94. The molecule has 1 amide bonds. The Morgan fingerprint density at radius 3 is 2.49 bits per heavy atom. The Balaban J connectivity index is 1.58. The maximum absolute atomic E-state index is 13.9. The lowest BCUT2D eigenvalue weighted by Crippen LogP contribution is -2.30. The van der Waals surface area contributed by atoms with Crippen LogP contribution in [-0.4, -0.2) is 49.5 Å². The molecule has 1 atom stereocenters. The first-order valence-corrected chi connectivity index (χ1v) is 12.7. The zero-order valence-corrected chi connectivity index (χ0v) is 22.3. The fourth-order valence-electron chi connectivity index (χ4n) is 4.89. The van der Waals surface area contributed by atoms with Crippen LogP contribution in [0.4, 0.5) is 5.69 Å². The molecule has 2 heterocycles. The van der Waals surface area contributed by atoms with Crippen LogP contribution in [0.5, 0.6) is 11.5 Å². The zero-order chi connectivity index (χ0) is 27.7.